The number of benzene rings is 1. The first kappa shape index (κ1) is 11.4. The van der Waals surface area contributed by atoms with Gasteiger partial charge in [-0.3, -0.25) is 0 Å². The number of rotatable bonds is 4. The van der Waals surface area contributed by atoms with E-state index in [1.165, 1.54) is 11.8 Å². The van der Waals surface area contributed by atoms with Gasteiger partial charge in [-0.05, 0) is 11.6 Å². The van der Waals surface area contributed by atoms with Crippen LogP contribution in [0.5, 0.6) is 0 Å². The second-order valence-corrected chi connectivity index (χ2v) is 4.43. The highest BCUT2D eigenvalue weighted by Crippen LogP contribution is 2.25. The van der Waals surface area contributed by atoms with E-state index in [4.69, 9.17) is 16.0 Å². The van der Waals surface area contributed by atoms with Gasteiger partial charge in [0.05, 0.1) is 0 Å². The van der Waals surface area contributed by atoms with Gasteiger partial charge in [-0.15, -0.1) is 10.2 Å². The lowest BCUT2D eigenvalue weighted by Gasteiger charge is -2.00. The molecule has 84 valence electrons. The van der Waals surface area contributed by atoms with Crippen LogP contribution in [0.1, 0.15) is 11.5 Å². The van der Waals surface area contributed by atoms with Crippen LogP contribution in [0.4, 0.5) is 0 Å². The Hall–Kier alpha value is -1.04. The summed E-state index contributed by atoms with van der Waals surface area (Å²) in [5.74, 6) is 1.28. The van der Waals surface area contributed by atoms with Crippen molar-refractivity contribution < 1.29 is 10.2 Å². The van der Waals surface area contributed by atoms with E-state index in [1.807, 2.05) is 24.3 Å². The summed E-state index contributed by atoms with van der Waals surface area (Å²) in [6, 6.07) is 7.71. The van der Waals surface area contributed by atoms with Crippen LogP contribution >= 0.6 is 23.4 Å². The maximum atomic E-state index is 6.03. The molecule has 0 saturated carbocycles. The summed E-state index contributed by atoms with van der Waals surface area (Å²) in [6.45, 7) is 0.514. The van der Waals surface area contributed by atoms with Crippen molar-refractivity contribution in [2.24, 2.45) is 0 Å². The second kappa shape index (κ2) is 5.34. The molecule has 0 amide bonds. The molecule has 1 aromatic heterocycles. The average Bonchev–Trinajstić information content (AvgIpc) is 2.76. The molecule has 1 aromatic carbocycles. The van der Waals surface area contributed by atoms with Gasteiger partial charge in [-0.25, -0.2) is 0 Å². The van der Waals surface area contributed by atoms with E-state index in [9.17, 15) is 0 Å². The third-order valence-electron chi connectivity index (χ3n) is 1.97. The largest absolute Gasteiger partial charge is 0.410 e. The van der Waals surface area contributed by atoms with Crippen LogP contribution in [-0.4, -0.2) is 10.2 Å². The molecule has 0 fully saturated rings. The van der Waals surface area contributed by atoms with Crippen LogP contribution in [0.25, 0.3) is 0 Å². The van der Waals surface area contributed by atoms with Gasteiger partial charge in [0.25, 0.3) is 11.1 Å². The van der Waals surface area contributed by atoms with Gasteiger partial charge >= 0.3 is 0 Å². The van der Waals surface area contributed by atoms with E-state index in [-0.39, 0.29) is 0 Å². The van der Waals surface area contributed by atoms with Crippen LogP contribution in [-0.2, 0) is 12.3 Å². The van der Waals surface area contributed by atoms with E-state index in [0.717, 1.165) is 16.3 Å². The van der Waals surface area contributed by atoms with E-state index >= 15 is 0 Å². The summed E-state index contributed by atoms with van der Waals surface area (Å²) in [6.07, 6.45) is 0. The Kier molecular flexibility index (Phi) is 3.82. The summed E-state index contributed by atoms with van der Waals surface area (Å²) in [4.78, 5) is 0. The Balaban J connectivity index is 1.99. The molecule has 2 aromatic rings. The van der Waals surface area contributed by atoms with Gasteiger partial charge < -0.3 is 10.2 Å². The van der Waals surface area contributed by atoms with Crippen molar-refractivity contribution in [1.82, 2.24) is 10.2 Å². The van der Waals surface area contributed by atoms with Crippen molar-refractivity contribution in [3.05, 3.63) is 40.7 Å². The Bertz CT molecular complexity index is 475. The zero-order valence-corrected chi connectivity index (χ0v) is 10.1. The van der Waals surface area contributed by atoms with Gasteiger partial charge in [0.2, 0.25) is 0 Å². The van der Waals surface area contributed by atoms with Crippen LogP contribution < -0.4 is 5.73 Å². The summed E-state index contributed by atoms with van der Waals surface area (Å²) >= 11 is 7.50. The normalized spacial score (nSPS) is 10.6. The number of aromatic nitrogens is 2. The zero-order chi connectivity index (χ0) is 11.4. The van der Waals surface area contributed by atoms with Crippen molar-refractivity contribution in [3.63, 3.8) is 0 Å². The Morgan fingerprint density at radius 3 is 2.81 bits per heavy atom. The molecule has 16 heavy (non-hydrogen) atoms. The predicted molar refractivity (Wildman–Crippen MR) is 61.9 cm³/mol. The van der Waals surface area contributed by atoms with Gasteiger partial charge in [-0.1, -0.05) is 41.6 Å². The van der Waals surface area contributed by atoms with E-state index in [1.54, 1.807) is 0 Å². The highest BCUT2D eigenvalue weighted by atomic mass is 35.5. The molecule has 0 atom stereocenters. The maximum Gasteiger partial charge on any atom is 0.277 e. The Morgan fingerprint density at radius 1 is 1.31 bits per heavy atom. The second-order valence-electron chi connectivity index (χ2n) is 3.09. The number of hydrogen-bond donors (Lipinski definition) is 1. The molecule has 1 heterocycles. The quantitative estimate of drug-likeness (QED) is 0.847. The van der Waals surface area contributed by atoms with E-state index in [0.29, 0.717) is 17.7 Å². The lowest BCUT2D eigenvalue weighted by molar-refractivity contribution is -0.391. The highest BCUT2D eigenvalue weighted by molar-refractivity contribution is 7.98. The molecule has 2 rings (SSSR count). The molecule has 3 N–H and O–H groups in total. The molecule has 6 heteroatoms. The Morgan fingerprint density at radius 2 is 2.12 bits per heavy atom. The maximum absolute atomic E-state index is 6.03. The summed E-state index contributed by atoms with van der Waals surface area (Å²) < 4.78 is 5.33. The molecule has 0 saturated heterocycles. The molecule has 0 unspecified atom stereocenters. The first-order chi connectivity index (χ1) is 7.79. The Labute approximate surface area is 102 Å². The third kappa shape index (κ3) is 2.75. The minimum Gasteiger partial charge on any atom is -0.410 e. The molecule has 0 aliphatic carbocycles. The van der Waals surface area contributed by atoms with Crippen LogP contribution in [0.3, 0.4) is 0 Å². The lowest BCUT2D eigenvalue weighted by atomic mass is 10.2. The fraction of sp³-hybridized carbons (Fsp3) is 0.200. The van der Waals surface area contributed by atoms with E-state index in [2.05, 4.69) is 15.9 Å². The number of quaternary nitrogens is 1. The minimum atomic E-state index is 0.514. The van der Waals surface area contributed by atoms with E-state index < -0.39 is 0 Å². The van der Waals surface area contributed by atoms with Gasteiger partial charge in [-0.2, -0.15) is 0 Å². The fourth-order valence-corrected chi connectivity index (χ4v) is 2.22. The van der Waals surface area contributed by atoms with Crippen molar-refractivity contribution in [3.8, 4) is 0 Å². The third-order valence-corrected chi connectivity index (χ3v) is 3.21. The summed E-state index contributed by atoms with van der Waals surface area (Å²) in [7, 11) is 0. The molecule has 0 bridgehead atoms. The topological polar surface area (TPSA) is 66.6 Å². The van der Waals surface area contributed by atoms with Crippen molar-refractivity contribution in [2.75, 3.05) is 0 Å². The molecular formula is C10H11ClN3OS+. The SMILES string of the molecule is [NH3+]Cc1nnc(SCc2ccccc2Cl)o1. The van der Waals surface area contributed by atoms with Crippen LogP contribution in [0.15, 0.2) is 33.9 Å². The zero-order valence-electron chi connectivity index (χ0n) is 8.52. The monoisotopic (exact) mass is 256 g/mol. The first-order valence-electron chi connectivity index (χ1n) is 4.77. The van der Waals surface area contributed by atoms with Crippen LogP contribution in [0.2, 0.25) is 5.02 Å². The highest BCUT2D eigenvalue weighted by Gasteiger charge is 2.07. The average molecular weight is 257 g/mol. The molecule has 0 aliphatic heterocycles. The summed E-state index contributed by atoms with van der Waals surface area (Å²) in [5, 5.41) is 9.04. The number of hydrogen-bond acceptors (Lipinski definition) is 4. The molecule has 0 aliphatic rings. The molecule has 4 nitrogen and oxygen atoms in total. The number of thioether (sulfide) groups is 1. The number of halogens is 1. The lowest BCUT2D eigenvalue weighted by Crippen LogP contribution is -2.47. The first-order valence-corrected chi connectivity index (χ1v) is 6.14. The van der Waals surface area contributed by atoms with Crippen LogP contribution in [0, 0.1) is 0 Å². The molecule has 0 spiro atoms. The molecule has 0 radical (unpaired) electrons. The fourth-order valence-electron chi connectivity index (χ4n) is 1.15. The smallest absolute Gasteiger partial charge is 0.277 e. The van der Waals surface area contributed by atoms with Gasteiger partial charge in [0.1, 0.15) is 0 Å². The van der Waals surface area contributed by atoms with Crippen molar-refractivity contribution >= 4 is 23.4 Å². The van der Waals surface area contributed by atoms with Gasteiger partial charge in [0.15, 0.2) is 6.54 Å². The van der Waals surface area contributed by atoms with Crippen molar-refractivity contribution in [1.29, 1.82) is 0 Å². The van der Waals surface area contributed by atoms with Crippen molar-refractivity contribution in [2.45, 2.75) is 17.5 Å². The minimum absolute atomic E-state index is 0.514. The molecular weight excluding hydrogens is 246 g/mol. The standard InChI is InChI=1S/C10H10ClN3OS/c11-8-4-2-1-3-7(8)6-16-10-14-13-9(5-12)15-10/h1-4H,5-6,12H2/p+1. The van der Waals surface area contributed by atoms with Gasteiger partial charge in [0, 0.05) is 10.8 Å². The summed E-state index contributed by atoms with van der Waals surface area (Å²) in [5.41, 5.74) is 4.73. The predicted octanol–water partition coefficient (Wildman–Crippen LogP) is 1.76. The number of nitrogens with zero attached hydrogens (tertiary/aromatic N) is 2.